The highest BCUT2D eigenvalue weighted by atomic mass is 32.2. The number of imidazole rings is 1. The average molecular weight is 299 g/mol. The standard InChI is InChI=1S/C15H17N5S/c1-10-8-11(2)18-15(17-10)21-14-12(9-16-3)20-7-5-4-6-13(20)19-14/h4-8,16H,9H2,1-3H3. The topological polar surface area (TPSA) is 55.1 Å². The van der Waals surface area contributed by atoms with E-state index >= 15 is 0 Å². The fraction of sp³-hybridized carbons (Fsp3) is 0.267. The predicted molar refractivity (Wildman–Crippen MR) is 83.6 cm³/mol. The highest BCUT2D eigenvalue weighted by molar-refractivity contribution is 7.99. The molecule has 6 heteroatoms. The lowest BCUT2D eigenvalue weighted by Gasteiger charge is -2.04. The Bertz CT molecular complexity index is 761. The average Bonchev–Trinajstić information content (AvgIpc) is 2.76. The first-order valence-corrected chi connectivity index (χ1v) is 7.59. The summed E-state index contributed by atoms with van der Waals surface area (Å²) < 4.78 is 2.10. The number of hydrogen-bond acceptors (Lipinski definition) is 5. The molecule has 0 atom stereocenters. The Morgan fingerprint density at radius 3 is 2.62 bits per heavy atom. The summed E-state index contributed by atoms with van der Waals surface area (Å²) >= 11 is 1.51. The molecule has 0 aliphatic carbocycles. The van der Waals surface area contributed by atoms with E-state index < -0.39 is 0 Å². The van der Waals surface area contributed by atoms with Crippen LogP contribution in [0.5, 0.6) is 0 Å². The van der Waals surface area contributed by atoms with E-state index in [1.54, 1.807) is 0 Å². The Kier molecular flexibility index (Phi) is 3.90. The number of aryl methyl sites for hydroxylation is 2. The van der Waals surface area contributed by atoms with E-state index in [2.05, 4.69) is 19.7 Å². The van der Waals surface area contributed by atoms with Gasteiger partial charge >= 0.3 is 0 Å². The number of fused-ring (bicyclic) bond motifs is 1. The van der Waals surface area contributed by atoms with Gasteiger partial charge in [0.1, 0.15) is 10.7 Å². The summed E-state index contributed by atoms with van der Waals surface area (Å²) in [5, 5.41) is 4.88. The Balaban J connectivity index is 2.04. The largest absolute Gasteiger partial charge is 0.314 e. The molecule has 0 saturated heterocycles. The summed E-state index contributed by atoms with van der Waals surface area (Å²) in [6, 6.07) is 7.98. The van der Waals surface area contributed by atoms with E-state index in [4.69, 9.17) is 4.98 Å². The fourth-order valence-electron chi connectivity index (χ4n) is 2.26. The number of hydrogen-bond donors (Lipinski definition) is 1. The summed E-state index contributed by atoms with van der Waals surface area (Å²) in [7, 11) is 1.93. The van der Waals surface area contributed by atoms with E-state index in [-0.39, 0.29) is 0 Å². The van der Waals surface area contributed by atoms with Crippen molar-refractivity contribution in [3.8, 4) is 0 Å². The highest BCUT2D eigenvalue weighted by Gasteiger charge is 2.14. The SMILES string of the molecule is CNCc1c(Sc2nc(C)cc(C)n2)nc2ccccn12. The third-order valence-electron chi connectivity index (χ3n) is 3.09. The molecular weight excluding hydrogens is 282 g/mol. The first-order valence-electron chi connectivity index (χ1n) is 6.78. The molecule has 5 nitrogen and oxygen atoms in total. The number of nitrogens with zero attached hydrogens (tertiary/aromatic N) is 4. The lowest BCUT2D eigenvalue weighted by Crippen LogP contribution is -2.08. The number of aromatic nitrogens is 4. The summed E-state index contributed by atoms with van der Waals surface area (Å²) in [4.78, 5) is 13.7. The Hall–Kier alpha value is -1.92. The van der Waals surface area contributed by atoms with Crippen molar-refractivity contribution in [3.05, 3.63) is 47.5 Å². The van der Waals surface area contributed by atoms with E-state index in [1.165, 1.54) is 11.8 Å². The second-order valence-corrected chi connectivity index (χ2v) is 5.81. The third-order valence-corrected chi connectivity index (χ3v) is 3.97. The number of rotatable bonds is 4. The maximum Gasteiger partial charge on any atom is 0.194 e. The van der Waals surface area contributed by atoms with Crippen LogP contribution in [0.15, 0.2) is 40.6 Å². The molecule has 3 aromatic heterocycles. The zero-order valence-electron chi connectivity index (χ0n) is 12.3. The molecule has 0 saturated carbocycles. The maximum absolute atomic E-state index is 4.69. The minimum atomic E-state index is 0.744. The number of nitrogens with one attached hydrogen (secondary N) is 1. The molecular formula is C15H17N5S. The molecule has 0 aliphatic rings. The van der Waals surface area contributed by atoms with Crippen LogP contribution in [0.1, 0.15) is 17.1 Å². The third kappa shape index (κ3) is 2.91. The van der Waals surface area contributed by atoms with Crippen LogP contribution in [0.25, 0.3) is 5.65 Å². The molecule has 21 heavy (non-hydrogen) atoms. The van der Waals surface area contributed by atoms with Gasteiger partial charge in [-0.1, -0.05) is 6.07 Å². The van der Waals surface area contributed by atoms with Crippen molar-refractivity contribution in [2.75, 3.05) is 7.05 Å². The molecule has 0 amide bonds. The van der Waals surface area contributed by atoms with Gasteiger partial charge in [0.15, 0.2) is 5.16 Å². The van der Waals surface area contributed by atoms with E-state index in [0.29, 0.717) is 0 Å². The van der Waals surface area contributed by atoms with Crippen molar-refractivity contribution in [2.45, 2.75) is 30.6 Å². The minimum Gasteiger partial charge on any atom is -0.314 e. The van der Waals surface area contributed by atoms with Gasteiger partial charge in [-0.2, -0.15) is 0 Å². The van der Waals surface area contributed by atoms with Gasteiger partial charge < -0.3 is 9.72 Å². The Labute approximate surface area is 127 Å². The lowest BCUT2D eigenvalue weighted by atomic mass is 10.4. The molecule has 0 radical (unpaired) electrons. The van der Waals surface area contributed by atoms with Crippen molar-refractivity contribution in [2.24, 2.45) is 0 Å². The predicted octanol–water partition coefficient (Wildman–Crippen LogP) is 2.61. The summed E-state index contributed by atoms with van der Waals surface area (Å²) in [6.45, 7) is 4.71. The van der Waals surface area contributed by atoms with Gasteiger partial charge in [-0.3, -0.25) is 0 Å². The lowest BCUT2D eigenvalue weighted by molar-refractivity contribution is 0.763. The summed E-state index contributed by atoms with van der Waals surface area (Å²) in [6.07, 6.45) is 2.03. The monoisotopic (exact) mass is 299 g/mol. The smallest absolute Gasteiger partial charge is 0.194 e. The van der Waals surface area contributed by atoms with Gasteiger partial charge in [-0.15, -0.1) is 0 Å². The van der Waals surface area contributed by atoms with Crippen LogP contribution in [0.4, 0.5) is 0 Å². The molecule has 0 aromatic carbocycles. The molecule has 108 valence electrons. The maximum atomic E-state index is 4.69. The van der Waals surface area contributed by atoms with Crippen LogP contribution in [0, 0.1) is 13.8 Å². The second-order valence-electron chi connectivity index (χ2n) is 4.86. The zero-order chi connectivity index (χ0) is 14.8. The van der Waals surface area contributed by atoms with Gasteiger partial charge in [0, 0.05) is 24.1 Å². The van der Waals surface area contributed by atoms with Crippen molar-refractivity contribution in [1.82, 2.24) is 24.7 Å². The van der Waals surface area contributed by atoms with Crippen LogP contribution < -0.4 is 5.32 Å². The van der Waals surface area contributed by atoms with E-state index in [0.717, 1.165) is 39.5 Å². The molecule has 0 aliphatic heterocycles. The van der Waals surface area contributed by atoms with Gasteiger partial charge in [-0.25, -0.2) is 15.0 Å². The van der Waals surface area contributed by atoms with E-state index in [1.807, 2.05) is 51.4 Å². The van der Waals surface area contributed by atoms with Gasteiger partial charge in [0.05, 0.1) is 5.69 Å². The van der Waals surface area contributed by atoms with E-state index in [9.17, 15) is 0 Å². The molecule has 3 aromatic rings. The first-order chi connectivity index (χ1) is 10.2. The second kappa shape index (κ2) is 5.83. The van der Waals surface area contributed by atoms with Crippen LogP contribution in [0.2, 0.25) is 0 Å². The molecule has 0 fully saturated rings. The normalized spacial score (nSPS) is 11.2. The molecule has 3 rings (SSSR count). The Morgan fingerprint density at radius 1 is 1.14 bits per heavy atom. The molecule has 0 spiro atoms. The van der Waals surface area contributed by atoms with Crippen LogP contribution >= 0.6 is 11.8 Å². The van der Waals surface area contributed by atoms with Crippen molar-refractivity contribution >= 4 is 17.4 Å². The van der Waals surface area contributed by atoms with Crippen LogP contribution in [0.3, 0.4) is 0 Å². The quantitative estimate of drug-likeness (QED) is 0.751. The summed E-state index contributed by atoms with van der Waals surface area (Å²) in [5.41, 5.74) is 4.02. The number of pyridine rings is 1. The fourth-order valence-corrected chi connectivity index (χ4v) is 3.24. The zero-order valence-corrected chi connectivity index (χ0v) is 13.1. The Morgan fingerprint density at radius 2 is 1.90 bits per heavy atom. The highest BCUT2D eigenvalue weighted by Crippen LogP contribution is 2.28. The van der Waals surface area contributed by atoms with Crippen LogP contribution in [-0.2, 0) is 6.54 Å². The van der Waals surface area contributed by atoms with Gasteiger partial charge in [0.2, 0.25) is 0 Å². The molecule has 0 unspecified atom stereocenters. The van der Waals surface area contributed by atoms with Gasteiger partial charge in [0.25, 0.3) is 0 Å². The van der Waals surface area contributed by atoms with Crippen molar-refractivity contribution < 1.29 is 0 Å². The van der Waals surface area contributed by atoms with Crippen LogP contribution in [-0.4, -0.2) is 26.4 Å². The van der Waals surface area contributed by atoms with Crippen molar-refractivity contribution in [1.29, 1.82) is 0 Å². The van der Waals surface area contributed by atoms with Gasteiger partial charge in [-0.05, 0) is 50.9 Å². The molecule has 1 N–H and O–H groups in total. The molecule has 0 bridgehead atoms. The summed E-state index contributed by atoms with van der Waals surface area (Å²) in [5.74, 6) is 0. The van der Waals surface area contributed by atoms with Crippen molar-refractivity contribution in [3.63, 3.8) is 0 Å². The first kappa shape index (κ1) is 14.0. The minimum absolute atomic E-state index is 0.744. The molecule has 3 heterocycles.